The summed E-state index contributed by atoms with van der Waals surface area (Å²) in [6.07, 6.45) is -5.35. The molecule has 3 aromatic rings. The second-order valence-corrected chi connectivity index (χ2v) is 8.64. The molecule has 0 aliphatic carbocycles. The summed E-state index contributed by atoms with van der Waals surface area (Å²) in [5.41, 5.74) is 6.37. The zero-order valence-corrected chi connectivity index (χ0v) is 20.3. The van der Waals surface area contributed by atoms with E-state index < -0.39 is 30.5 Å². The van der Waals surface area contributed by atoms with E-state index in [1.54, 1.807) is 32.2 Å². The van der Waals surface area contributed by atoms with E-state index in [-0.39, 0.29) is 17.5 Å². The molecule has 2 aromatic carbocycles. The van der Waals surface area contributed by atoms with E-state index in [1.165, 1.54) is 17.4 Å². The van der Waals surface area contributed by atoms with Crippen LogP contribution in [-0.4, -0.2) is 29.2 Å². The summed E-state index contributed by atoms with van der Waals surface area (Å²) in [5.74, 6) is -1.33. The van der Waals surface area contributed by atoms with Crippen molar-refractivity contribution in [2.45, 2.75) is 38.7 Å². The molecule has 2 atom stereocenters. The Hall–Kier alpha value is -4.06. The van der Waals surface area contributed by atoms with Crippen LogP contribution in [0.15, 0.2) is 65.1 Å². The van der Waals surface area contributed by atoms with Crippen LogP contribution >= 0.6 is 0 Å². The fraction of sp³-hybridized carbons (Fsp3) is 0.280. The smallest absolute Gasteiger partial charge is 0.362 e. The lowest BCUT2D eigenvalue weighted by molar-refractivity contribution is -0.150. The number of aromatic nitrogens is 1. The third kappa shape index (κ3) is 6.20. The van der Waals surface area contributed by atoms with Gasteiger partial charge in [0.25, 0.3) is 0 Å². The fourth-order valence-corrected chi connectivity index (χ4v) is 3.98. The molecule has 2 heterocycles. The van der Waals surface area contributed by atoms with Crippen molar-refractivity contribution < 1.29 is 22.4 Å². The number of aryl methyl sites for hydroxylation is 1. The average molecular weight is 516 g/mol. The van der Waals surface area contributed by atoms with Crippen LogP contribution < -0.4 is 16.1 Å². The van der Waals surface area contributed by atoms with Gasteiger partial charge in [0.2, 0.25) is 5.91 Å². The fourth-order valence-electron chi connectivity index (χ4n) is 3.98. The number of halogens is 4. The molecule has 0 bridgehead atoms. The highest BCUT2D eigenvalue weighted by Crippen LogP contribution is 2.34. The molecule has 1 amide bonds. The third-order valence-corrected chi connectivity index (χ3v) is 5.80. The lowest BCUT2D eigenvalue weighted by atomic mass is 9.95. The topological polar surface area (TPSA) is 94.0 Å². The van der Waals surface area contributed by atoms with Gasteiger partial charge in [0, 0.05) is 18.8 Å². The van der Waals surface area contributed by atoms with Gasteiger partial charge in [-0.05, 0) is 48.2 Å². The molecule has 1 aromatic heterocycles. The molecule has 2 unspecified atom stereocenters. The van der Waals surface area contributed by atoms with Gasteiger partial charge in [-0.1, -0.05) is 41.6 Å². The first kappa shape index (κ1) is 26.0. The van der Waals surface area contributed by atoms with Crippen LogP contribution in [0.3, 0.4) is 0 Å². The Balaban J connectivity index is 1.54. The number of nitrogens with zero attached hydrogens (tertiary/aromatic N) is 4. The van der Waals surface area contributed by atoms with Gasteiger partial charge in [0.05, 0.1) is 11.7 Å². The summed E-state index contributed by atoms with van der Waals surface area (Å²) in [5, 5.41) is 14.8. The van der Waals surface area contributed by atoms with E-state index in [9.17, 15) is 22.4 Å². The number of anilines is 2. The maximum absolute atomic E-state index is 14.7. The summed E-state index contributed by atoms with van der Waals surface area (Å²) < 4.78 is 52.6. The Morgan fingerprint density at radius 2 is 1.89 bits per heavy atom. The molecule has 194 valence electrons. The Morgan fingerprint density at radius 3 is 2.54 bits per heavy atom. The molecule has 0 spiro atoms. The molecule has 1 aliphatic heterocycles. The van der Waals surface area contributed by atoms with Crippen molar-refractivity contribution in [1.29, 1.82) is 0 Å². The van der Waals surface area contributed by atoms with Crippen LogP contribution in [0, 0.1) is 12.7 Å². The van der Waals surface area contributed by atoms with Crippen LogP contribution in [0.4, 0.5) is 29.1 Å². The summed E-state index contributed by atoms with van der Waals surface area (Å²) in [4.78, 5) is 16.1. The van der Waals surface area contributed by atoms with E-state index in [0.717, 1.165) is 11.1 Å². The van der Waals surface area contributed by atoms with Gasteiger partial charge in [-0.25, -0.2) is 14.5 Å². The van der Waals surface area contributed by atoms with Gasteiger partial charge in [-0.2, -0.15) is 18.6 Å². The Kier molecular flexibility index (Phi) is 7.39. The zero-order valence-electron chi connectivity index (χ0n) is 20.3. The molecular weight excluding hydrogens is 490 g/mol. The molecule has 3 N–H and O–H groups in total. The van der Waals surface area contributed by atoms with Crippen molar-refractivity contribution in [1.82, 2.24) is 15.5 Å². The van der Waals surface area contributed by atoms with Gasteiger partial charge in [-0.3, -0.25) is 4.79 Å². The van der Waals surface area contributed by atoms with Crippen LogP contribution in [0.2, 0.25) is 0 Å². The molecule has 0 radical (unpaired) electrons. The quantitative estimate of drug-likeness (QED) is 0.332. The summed E-state index contributed by atoms with van der Waals surface area (Å²) in [7, 11) is 1.67. The van der Waals surface area contributed by atoms with Gasteiger partial charge in [0.15, 0.2) is 12.0 Å². The SMILES string of the molecule is Cc1ccnc(NC(C)c2ccc(-c3cccc(F)c3C3N=NN(C)N3)cc2)c1NC(=O)CC(F)(F)F. The minimum Gasteiger partial charge on any atom is -0.362 e. The molecule has 37 heavy (non-hydrogen) atoms. The first-order chi connectivity index (χ1) is 17.5. The molecule has 12 heteroatoms. The minimum atomic E-state index is -4.61. The van der Waals surface area contributed by atoms with Crippen molar-refractivity contribution in [3.63, 3.8) is 0 Å². The highest BCUT2D eigenvalue weighted by molar-refractivity contribution is 5.94. The molecule has 0 saturated heterocycles. The van der Waals surface area contributed by atoms with Crippen molar-refractivity contribution in [3.8, 4) is 11.1 Å². The number of pyridine rings is 1. The number of hydrogen-bond donors (Lipinski definition) is 3. The maximum Gasteiger partial charge on any atom is 0.397 e. The number of hydrogen-bond acceptors (Lipinski definition) is 7. The normalized spacial score (nSPS) is 16.1. The monoisotopic (exact) mass is 515 g/mol. The van der Waals surface area contributed by atoms with Crippen molar-refractivity contribution in [3.05, 3.63) is 77.2 Å². The number of rotatable bonds is 7. The molecule has 4 rings (SSSR count). The standard InChI is InChI=1S/C25H25F4N7O/c1-14-11-12-30-24(22(14)32-20(37)13-25(27,28)29)31-15(2)16-7-9-17(10-8-16)18-5-4-6-19(26)21(18)23-33-35-36(3)34-23/h4-12,15,23,34H,13H2,1-3H3,(H,30,31)(H,32,37). The molecule has 0 fully saturated rings. The lowest BCUT2D eigenvalue weighted by Crippen LogP contribution is -2.27. The Morgan fingerprint density at radius 1 is 1.16 bits per heavy atom. The zero-order chi connectivity index (χ0) is 26.7. The summed E-state index contributed by atoms with van der Waals surface area (Å²) in [6.45, 7) is 3.52. The third-order valence-electron chi connectivity index (χ3n) is 5.80. The number of carbonyl (C=O) groups excluding carboxylic acids is 1. The first-order valence-corrected chi connectivity index (χ1v) is 11.4. The van der Waals surface area contributed by atoms with E-state index in [4.69, 9.17) is 0 Å². The second-order valence-electron chi connectivity index (χ2n) is 8.64. The van der Waals surface area contributed by atoms with E-state index in [0.29, 0.717) is 16.7 Å². The molecule has 8 nitrogen and oxygen atoms in total. The first-order valence-electron chi connectivity index (χ1n) is 11.4. The van der Waals surface area contributed by atoms with E-state index in [1.807, 2.05) is 31.2 Å². The second kappa shape index (κ2) is 10.5. The van der Waals surface area contributed by atoms with Crippen LogP contribution in [0.5, 0.6) is 0 Å². The van der Waals surface area contributed by atoms with Crippen LogP contribution in [0.1, 0.15) is 42.2 Å². The minimum absolute atomic E-state index is 0.188. The van der Waals surface area contributed by atoms with Crippen LogP contribution in [-0.2, 0) is 4.79 Å². The Labute approximate surface area is 210 Å². The summed E-state index contributed by atoms with van der Waals surface area (Å²) in [6, 6.07) is 13.5. The molecular formula is C25H25F4N7O. The Bertz CT molecular complexity index is 1310. The van der Waals surface area contributed by atoms with E-state index >= 15 is 0 Å². The average Bonchev–Trinajstić information content (AvgIpc) is 3.25. The predicted molar refractivity (Wildman–Crippen MR) is 131 cm³/mol. The lowest BCUT2D eigenvalue weighted by Gasteiger charge is -2.20. The number of benzene rings is 2. The number of alkyl halides is 3. The largest absolute Gasteiger partial charge is 0.397 e. The van der Waals surface area contributed by atoms with Crippen molar-refractivity contribution in [2.75, 3.05) is 17.7 Å². The van der Waals surface area contributed by atoms with Crippen molar-refractivity contribution >= 4 is 17.4 Å². The highest BCUT2D eigenvalue weighted by Gasteiger charge is 2.32. The van der Waals surface area contributed by atoms with Gasteiger partial charge < -0.3 is 10.6 Å². The maximum atomic E-state index is 14.7. The van der Waals surface area contributed by atoms with Crippen molar-refractivity contribution in [2.24, 2.45) is 10.3 Å². The van der Waals surface area contributed by atoms with E-state index in [2.05, 4.69) is 31.4 Å². The molecule has 1 aliphatic rings. The number of nitrogens with one attached hydrogen (secondary N) is 3. The van der Waals surface area contributed by atoms with Gasteiger partial charge in [-0.15, -0.1) is 5.11 Å². The van der Waals surface area contributed by atoms with Crippen LogP contribution in [0.25, 0.3) is 11.1 Å². The van der Waals surface area contributed by atoms with Gasteiger partial charge >= 0.3 is 6.18 Å². The van der Waals surface area contributed by atoms with Gasteiger partial charge in [0.1, 0.15) is 12.2 Å². The number of carbonyl (C=O) groups is 1. The number of hydrazine groups is 1. The predicted octanol–water partition coefficient (Wildman–Crippen LogP) is 6.08. The molecule has 0 saturated carbocycles. The summed E-state index contributed by atoms with van der Waals surface area (Å²) >= 11 is 0. The number of amides is 1. The highest BCUT2D eigenvalue weighted by atomic mass is 19.4.